The summed E-state index contributed by atoms with van der Waals surface area (Å²) in [4.78, 5) is 11.1. The van der Waals surface area contributed by atoms with E-state index in [1.165, 1.54) is 0 Å². The van der Waals surface area contributed by atoms with Crippen molar-refractivity contribution in [1.29, 1.82) is 0 Å². The Morgan fingerprint density at radius 2 is 2.00 bits per heavy atom. The second kappa shape index (κ2) is 3.37. The van der Waals surface area contributed by atoms with E-state index in [1.807, 2.05) is 25.1 Å². The quantitative estimate of drug-likeness (QED) is 0.842. The molecule has 0 saturated carbocycles. The van der Waals surface area contributed by atoms with E-state index < -0.39 is 11.4 Å². The summed E-state index contributed by atoms with van der Waals surface area (Å²) < 4.78 is 5.57. The van der Waals surface area contributed by atoms with Crippen LogP contribution in [-0.2, 0) is 10.2 Å². The highest BCUT2D eigenvalue weighted by Gasteiger charge is 2.33. The highest BCUT2D eigenvalue weighted by Crippen LogP contribution is 2.30. The fourth-order valence-corrected chi connectivity index (χ4v) is 1.58. The zero-order valence-electron chi connectivity index (χ0n) is 9.57. The molecule has 0 aliphatic rings. The molecule has 0 aliphatic carbocycles. The number of hydrogen-bond acceptors (Lipinski definition) is 2. The van der Waals surface area contributed by atoms with Crippen LogP contribution in [0.5, 0.6) is 0 Å². The van der Waals surface area contributed by atoms with Crippen LogP contribution in [0.2, 0.25) is 0 Å². The number of hydrogen-bond donors (Lipinski definition) is 1. The van der Waals surface area contributed by atoms with E-state index in [0.717, 1.165) is 16.5 Å². The maximum absolute atomic E-state index is 11.1. The molecule has 2 aromatic rings. The van der Waals surface area contributed by atoms with Gasteiger partial charge in [-0.2, -0.15) is 0 Å². The smallest absolute Gasteiger partial charge is 0.316 e. The molecule has 1 aromatic carbocycles. The number of aryl methyl sites for hydroxylation is 1. The van der Waals surface area contributed by atoms with Crippen molar-refractivity contribution in [2.75, 3.05) is 0 Å². The number of aliphatic carboxylic acids is 1. The van der Waals surface area contributed by atoms with Gasteiger partial charge < -0.3 is 9.52 Å². The van der Waals surface area contributed by atoms with Gasteiger partial charge in [-0.25, -0.2) is 0 Å². The van der Waals surface area contributed by atoms with Crippen molar-refractivity contribution in [3.8, 4) is 0 Å². The van der Waals surface area contributed by atoms with Crippen molar-refractivity contribution in [1.82, 2.24) is 0 Å². The highest BCUT2D eigenvalue weighted by molar-refractivity contribution is 5.84. The topological polar surface area (TPSA) is 50.4 Å². The van der Waals surface area contributed by atoms with Crippen molar-refractivity contribution >= 4 is 16.9 Å². The van der Waals surface area contributed by atoms with Gasteiger partial charge in [-0.15, -0.1) is 0 Å². The maximum Gasteiger partial charge on any atom is 0.316 e. The number of fused-ring (bicyclic) bond motifs is 1. The van der Waals surface area contributed by atoms with Gasteiger partial charge >= 0.3 is 5.97 Å². The molecular formula is C13H14O3. The Morgan fingerprint density at radius 3 is 2.62 bits per heavy atom. The van der Waals surface area contributed by atoms with Crippen LogP contribution in [0, 0.1) is 6.92 Å². The Morgan fingerprint density at radius 1 is 1.31 bits per heavy atom. The summed E-state index contributed by atoms with van der Waals surface area (Å²) in [5.41, 5.74) is 0.871. The van der Waals surface area contributed by atoms with Crippen LogP contribution >= 0.6 is 0 Å². The van der Waals surface area contributed by atoms with Gasteiger partial charge in [0.25, 0.3) is 0 Å². The van der Waals surface area contributed by atoms with E-state index in [9.17, 15) is 4.79 Å². The van der Waals surface area contributed by atoms with Crippen LogP contribution in [0.3, 0.4) is 0 Å². The van der Waals surface area contributed by atoms with Crippen LogP contribution < -0.4 is 0 Å². The molecule has 3 nitrogen and oxygen atoms in total. The Hall–Kier alpha value is -1.77. The number of rotatable bonds is 2. The molecule has 0 aliphatic heterocycles. The lowest BCUT2D eigenvalue weighted by Gasteiger charge is -2.15. The standard InChI is InChI=1S/C13H14O3/c1-8-4-5-10-9(6-8)7-11(16-10)13(2,3)12(14)15/h4-7H,1-3H3,(H,14,15). The van der Waals surface area contributed by atoms with Crippen LogP contribution in [0.15, 0.2) is 28.7 Å². The first-order valence-corrected chi connectivity index (χ1v) is 5.15. The summed E-state index contributed by atoms with van der Waals surface area (Å²) in [5.74, 6) is -0.399. The number of carboxylic acid groups (broad SMARTS) is 1. The van der Waals surface area contributed by atoms with E-state index in [2.05, 4.69) is 0 Å². The highest BCUT2D eigenvalue weighted by atomic mass is 16.4. The molecule has 1 N–H and O–H groups in total. The predicted octanol–water partition coefficient (Wildman–Crippen LogP) is 3.10. The van der Waals surface area contributed by atoms with Crippen molar-refractivity contribution in [2.45, 2.75) is 26.2 Å². The molecule has 2 rings (SSSR count). The van der Waals surface area contributed by atoms with Gasteiger partial charge in [0.15, 0.2) is 0 Å². The summed E-state index contributed by atoms with van der Waals surface area (Å²) in [6.45, 7) is 5.27. The summed E-state index contributed by atoms with van der Waals surface area (Å²) in [6, 6.07) is 7.60. The van der Waals surface area contributed by atoms with Gasteiger partial charge in [0.2, 0.25) is 0 Å². The predicted molar refractivity (Wildman–Crippen MR) is 61.6 cm³/mol. The average molecular weight is 218 g/mol. The molecule has 1 aromatic heterocycles. The lowest BCUT2D eigenvalue weighted by atomic mass is 9.90. The third-order valence-electron chi connectivity index (χ3n) is 2.82. The number of furan rings is 1. The lowest BCUT2D eigenvalue weighted by Crippen LogP contribution is -2.27. The fraction of sp³-hybridized carbons (Fsp3) is 0.308. The molecule has 0 saturated heterocycles. The summed E-state index contributed by atoms with van der Waals surface area (Å²) >= 11 is 0. The first-order chi connectivity index (χ1) is 7.41. The third-order valence-corrected chi connectivity index (χ3v) is 2.82. The molecule has 3 heteroatoms. The van der Waals surface area contributed by atoms with Gasteiger partial charge in [0, 0.05) is 5.39 Å². The summed E-state index contributed by atoms with van der Waals surface area (Å²) in [7, 11) is 0. The number of carbonyl (C=O) groups is 1. The number of benzene rings is 1. The SMILES string of the molecule is Cc1ccc2oc(C(C)(C)C(=O)O)cc2c1. The van der Waals surface area contributed by atoms with E-state index in [4.69, 9.17) is 9.52 Å². The Bertz CT molecular complexity index is 549. The average Bonchev–Trinajstić information content (AvgIpc) is 2.60. The Kier molecular flexibility index (Phi) is 2.26. The van der Waals surface area contributed by atoms with Crippen LogP contribution in [-0.4, -0.2) is 11.1 Å². The van der Waals surface area contributed by atoms with Gasteiger partial charge in [0.05, 0.1) is 0 Å². The van der Waals surface area contributed by atoms with Gasteiger partial charge in [0.1, 0.15) is 16.8 Å². The summed E-state index contributed by atoms with van der Waals surface area (Å²) in [5, 5.41) is 10.1. The normalized spacial score (nSPS) is 11.9. The zero-order chi connectivity index (χ0) is 11.9. The Labute approximate surface area is 93.7 Å². The minimum absolute atomic E-state index is 0.487. The largest absolute Gasteiger partial charge is 0.481 e. The number of carboxylic acids is 1. The third kappa shape index (κ3) is 1.58. The fourth-order valence-electron chi connectivity index (χ4n) is 1.58. The molecule has 0 fully saturated rings. The first-order valence-electron chi connectivity index (χ1n) is 5.15. The molecule has 0 unspecified atom stereocenters. The van der Waals surface area contributed by atoms with Crippen LogP contribution in [0.4, 0.5) is 0 Å². The monoisotopic (exact) mass is 218 g/mol. The van der Waals surface area contributed by atoms with Crippen molar-refractivity contribution in [3.63, 3.8) is 0 Å². The van der Waals surface area contributed by atoms with E-state index in [-0.39, 0.29) is 0 Å². The van der Waals surface area contributed by atoms with Crippen LogP contribution in [0.25, 0.3) is 11.0 Å². The van der Waals surface area contributed by atoms with Crippen molar-refractivity contribution in [3.05, 3.63) is 35.6 Å². The first kappa shape index (κ1) is 10.7. The lowest BCUT2D eigenvalue weighted by molar-refractivity contribution is -0.143. The van der Waals surface area contributed by atoms with Gasteiger partial charge in [-0.05, 0) is 39.0 Å². The van der Waals surface area contributed by atoms with Crippen LogP contribution in [0.1, 0.15) is 25.2 Å². The molecular weight excluding hydrogens is 204 g/mol. The molecule has 0 spiro atoms. The molecule has 0 bridgehead atoms. The Balaban J connectivity index is 2.59. The van der Waals surface area contributed by atoms with Gasteiger partial charge in [-0.1, -0.05) is 11.6 Å². The molecule has 0 radical (unpaired) electrons. The van der Waals surface area contributed by atoms with E-state index >= 15 is 0 Å². The van der Waals surface area contributed by atoms with E-state index in [0.29, 0.717) is 5.76 Å². The zero-order valence-corrected chi connectivity index (χ0v) is 9.57. The maximum atomic E-state index is 11.1. The minimum atomic E-state index is -0.993. The second-order valence-corrected chi connectivity index (χ2v) is 4.58. The molecule has 16 heavy (non-hydrogen) atoms. The molecule has 0 amide bonds. The minimum Gasteiger partial charge on any atom is -0.481 e. The van der Waals surface area contributed by atoms with E-state index in [1.54, 1.807) is 19.9 Å². The van der Waals surface area contributed by atoms with Gasteiger partial charge in [-0.3, -0.25) is 4.79 Å². The molecule has 84 valence electrons. The van der Waals surface area contributed by atoms with Crippen molar-refractivity contribution in [2.24, 2.45) is 0 Å². The second-order valence-electron chi connectivity index (χ2n) is 4.58. The van der Waals surface area contributed by atoms with Crippen molar-refractivity contribution < 1.29 is 14.3 Å². The molecule has 1 heterocycles. The summed E-state index contributed by atoms with van der Waals surface area (Å²) in [6.07, 6.45) is 0. The molecule has 0 atom stereocenters.